The number of rotatable bonds is 7. The van der Waals surface area contributed by atoms with Crippen LogP contribution in [0.25, 0.3) is 0 Å². The van der Waals surface area contributed by atoms with E-state index in [2.05, 4.69) is 0 Å². The van der Waals surface area contributed by atoms with Crippen molar-refractivity contribution in [3.63, 3.8) is 0 Å². The third-order valence-corrected chi connectivity index (χ3v) is 7.16. The summed E-state index contributed by atoms with van der Waals surface area (Å²) in [7, 11) is 0. The van der Waals surface area contributed by atoms with Gasteiger partial charge in [0.25, 0.3) is 0 Å². The molecular weight excluding hydrogens is 446 g/mol. The van der Waals surface area contributed by atoms with Gasteiger partial charge in [0.05, 0.1) is 0 Å². The van der Waals surface area contributed by atoms with Gasteiger partial charge < -0.3 is 12.9 Å². The summed E-state index contributed by atoms with van der Waals surface area (Å²) in [5.74, 6) is -1.29. The maximum absolute atomic E-state index is 12.9. The van der Waals surface area contributed by atoms with Gasteiger partial charge in [-0.3, -0.25) is 9.59 Å². The van der Waals surface area contributed by atoms with Crippen molar-refractivity contribution in [2.45, 2.75) is 29.5 Å². The summed E-state index contributed by atoms with van der Waals surface area (Å²) in [6, 6.07) is 17.9. The van der Waals surface area contributed by atoms with E-state index in [0.717, 1.165) is 16.7 Å². The van der Waals surface area contributed by atoms with Crippen LogP contribution in [0, 0.1) is 5.92 Å². The first-order valence-electron chi connectivity index (χ1n) is 9.43. The minimum absolute atomic E-state index is 0. The van der Waals surface area contributed by atoms with Gasteiger partial charge in [0.1, 0.15) is 6.04 Å². The Bertz CT molecular complexity index is 877. The number of thioether (sulfide) groups is 2. The Labute approximate surface area is 218 Å². The van der Waals surface area contributed by atoms with Gasteiger partial charge in [-0.05, 0) is 18.6 Å². The topological polar surface area (TPSA) is 74.7 Å². The van der Waals surface area contributed by atoms with Crippen LogP contribution < -0.4 is 0 Å². The summed E-state index contributed by atoms with van der Waals surface area (Å²) >= 11 is 2.70. The van der Waals surface area contributed by atoms with Crippen molar-refractivity contribution >= 4 is 78.3 Å². The first kappa shape index (κ1) is 25.3. The SMILES string of the molecule is CC(CSC(=O)c1ccccc1)C(=O)N1C[C@@H](Sc2ccccc2)C[C@H]1C(=O)O.[Ca+2].[H-].[H-]. The molecule has 0 spiro atoms. The Morgan fingerprint density at radius 2 is 1.70 bits per heavy atom. The number of amides is 1. The predicted molar refractivity (Wildman–Crippen MR) is 124 cm³/mol. The molecule has 30 heavy (non-hydrogen) atoms. The van der Waals surface area contributed by atoms with Gasteiger partial charge in [-0.2, -0.15) is 0 Å². The zero-order valence-electron chi connectivity index (χ0n) is 18.8. The predicted octanol–water partition coefficient (Wildman–Crippen LogP) is 3.89. The second kappa shape index (κ2) is 12.1. The van der Waals surface area contributed by atoms with Gasteiger partial charge in [-0.1, -0.05) is 67.2 Å². The third-order valence-electron chi connectivity index (χ3n) is 4.77. The van der Waals surface area contributed by atoms with E-state index in [0.29, 0.717) is 24.3 Å². The van der Waals surface area contributed by atoms with E-state index in [1.165, 1.54) is 4.90 Å². The van der Waals surface area contributed by atoms with Gasteiger partial charge in [0, 0.05) is 33.9 Å². The van der Waals surface area contributed by atoms with Gasteiger partial charge >= 0.3 is 43.7 Å². The number of carboxylic acids is 1. The van der Waals surface area contributed by atoms with Crippen molar-refractivity contribution in [1.82, 2.24) is 4.90 Å². The maximum atomic E-state index is 12.9. The van der Waals surface area contributed by atoms with Gasteiger partial charge in [-0.15, -0.1) is 11.8 Å². The van der Waals surface area contributed by atoms with Gasteiger partial charge in [0.15, 0.2) is 0 Å². The van der Waals surface area contributed by atoms with E-state index >= 15 is 0 Å². The number of hydrogen-bond acceptors (Lipinski definition) is 5. The van der Waals surface area contributed by atoms with E-state index in [1.807, 2.05) is 36.4 Å². The monoisotopic (exact) mass is 471 g/mol. The molecule has 1 aliphatic rings. The van der Waals surface area contributed by atoms with Crippen LogP contribution in [0.1, 0.15) is 26.6 Å². The minimum atomic E-state index is -0.977. The Kier molecular flexibility index (Phi) is 10.2. The van der Waals surface area contributed by atoms with Crippen molar-refractivity contribution < 1.29 is 22.3 Å². The molecule has 1 amide bonds. The Hall–Kier alpha value is -0.990. The zero-order chi connectivity index (χ0) is 20.8. The van der Waals surface area contributed by atoms with E-state index in [9.17, 15) is 19.5 Å². The van der Waals surface area contributed by atoms with E-state index in [-0.39, 0.29) is 56.9 Å². The van der Waals surface area contributed by atoms with E-state index in [1.54, 1.807) is 43.0 Å². The summed E-state index contributed by atoms with van der Waals surface area (Å²) in [6.07, 6.45) is 0.420. The smallest absolute Gasteiger partial charge is 1.00 e. The number of benzene rings is 2. The molecular formula is C22H25CaNO4S2. The number of carboxylic acid groups (broad SMARTS) is 1. The molecule has 0 bridgehead atoms. The number of hydrogen-bond donors (Lipinski definition) is 1. The molecule has 3 atom stereocenters. The van der Waals surface area contributed by atoms with Crippen LogP contribution in [0.2, 0.25) is 0 Å². The van der Waals surface area contributed by atoms with Crippen molar-refractivity contribution in [2.75, 3.05) is 12.3 Å². The quantitative estimate of drug-likeness (QED) is 0.618. The van der Waals surface area contributed by atoms with Crippen molar-refractivity contribution in [3.05, 3.63) is 66.2 Å². The fraction of sp³-hybridized carbons (Fsp3) is 0.318. The molecule has 1 N–H and O–H groups in total. The summed E-state index contributed by atoms with van der Waals surface area (Å²) in [5.41, 5.74) is 0.598. The van der Waals surface area contributed by atoms with Crippen LogP contribution in [-0.4, -0.2) is 88.3 Å². The number of aliphatic carboxylic acids is 1. The molecule has 2 aromatic rings. The van der Waals surface area contributed by atoms with Crippen LogP contribution in [0.3, 0.4) is 0 Å². The van der Waals surface area contributed by atoms with Gasteiger partial charge in [-0.25, -0.2) is 4.79 Å². The number of likely N-dealkylation sites (tertiary alicyclic amines) is 1. The molecule has 156 valence electrons. The van der Waals surface area contributed by atoms with Crippen LogP contribution in [0.4, 0.5) is 0 Å². The largest absolute Gasteiger partial charge is 2.00 e. The van der Waals surface area contributed by atoms with Crippen molar-refractivity contribution in [1.29, 1.82) is 0 Å². The normalized spacial score (nSPS) is 19.0. The first-order chi connectivity index (χ1) is 14.0. The minimum Gasteiger partial charge on any atom is -1.00 e. The average Bonchev–Trinajstić information content (AvgIpc) is 3.16. The molecule has 1 saturated heterocycles. The molecule has 2 aromatic carbocycles. The van der Waals surface area contributed by atoms with Crippen molar-refractivity contribution in [3.8, 4) is 0 Å². The summed E-state index contributed by atoms with van der Waals surface area (Å²) in [4.78, 5) is 39.5. The zero-order valence-corrected chi connectivity index (χ0v) is 20.6. The Morgan fingerprint density at radius 3 is 2.30 bits per heavy atom. The molecule has 0 aromatic heterocycles. The number of carbonyl (C=O) groups excluding carboxylic acids is 2. The molecule has 0 radical (unpaired) electrons. The van der Waals surface area contributed by atoms with E-state index in [4.69, 9.17) is 0 Å². The molecule has 0 saturated carbocycles. The maximum Gasteiger partial charge on any atom is 2.00 e. The molecule has 1 unspecified atom stereocenters. The average molecular weight is 472 g/mol. The molecule has 1 fully saturated rings. The number of nitrogens with zero attached hydrogens (tertiary/aromatic N) is 1. The van der Waals surface area contributed by atoms with E-state index < -0.39 is 17.9 Å². The Morgan fingerprint density at radius 1 is 1.10 bits per heavy atom. The first-order valence-corrected chi connectivity index (χ1v) is 11.3. The second-order valence-corrected chi connectivity index (χ2v) is 9.37. The van der Waals surface area contributed by atoms with Crippen molar-refractivity contribution in [2.24, 2.45) is 5.92 Å². The fourth-order valence-electron chi connectivity index (χ4n) is 3.26. The fourth-order valence-corrected chi connectivity index (χ4v) is 5.32. The summed E-state index contributed by atoms with van der Waals surface area (Å²) in [6.45, 7) is 2.15. The Balaban J connectivity index is 0.00000320. The summed E-state index contributed by atoms with van der Waals surface area (Å²) in [5, 5.41) is 9.55. The van der Waals surface area contributed by atoms with Gasteiger partial charge in [0.2, 0.25) is 11.0 Å². The molecule has 1 aliphatic heterocycles. The number of carbonyl (C=O) groups is 3. The second-order valence-electron chi connectivity index (χ2n) is 7.00. The molecule has 3 rings (SSSR count). The molecule has 5 nitrogen and oxygen atoms in total. The van der Waals surface area contributed by atoms with Crippen LogP contribution in [0.5, 0.6) is 0 Å². The van der Waals surface area contributed by atoms with Crippen LogP contribution >= 0.6 is 23.5 Å². The standard InChI is InChI=1S/C22H23NO4S2.Ca.2H/c1-15(14-28-22(27)16-8-4-2-5-9-16)20(24)23-13-18(12-19(23)21(25)26)29-17-10-6-3-7-11-17;;;/h2-11,15,18-19H,12-14H2,1H3,(H,25,26);;;/q;+2;2*-1/t15?,18-,19-;;;/m0.../s1. The molecule has 1 heterocycles. The van der Waals surface area contributed by atoms with Crippen LogP contribution in [-0.2, 0) is 9.59 Å². The third kappa shape index (κ3) is 6.75. The molecule has 8 heteroatoms. The summed E-state index contributed by atoms with van der Waals surface area (Å²) < 4.78 is 0. The van der Waals surface area contributed by atoms with Crippen LogP contribution in [0.15, 0.2) is 65.6 Å². The molecule has 0 aliphatic carbocycles.